The van der Waals surface area contributed by atoms with Crippen LogP contribution in [0, 0.1) is 0 Å². The molecule has 0 spiro atoms. The maximum absolute atomic E-state index is 11.8. The molecule has 1 aromatic carbocycles. The zero-order valence-corrected chi connectivity index (χ0v) is 12.2. The minimum atomic E-state index is -0.161. The second-order valence-corrected chi connectivity index (χ2v) is 5.10. The summed E-state index contributed by atoms with van der Waals surface area (Å²) in [6.07, 6.45) is 0.901. The molecule has 0 aliphatic heterocycles. The quantitative estimate of drug-likeness (QED) is 0.796. The Bertz CT molecular complexity index is 416. The van der Waals surface area contributed by atoms with Gasteiger partial charge in [-0.1, -0.05) is 13.0 Å². The number of carbonyl (C=O) groups is 1. The van der Waals surface area contributed by atoms with Crippen LogP contribution in [0.1, 0.15) is 34.1 Å². The van der Waals surface area contributed by atoms with Crippen LogP contribution in [0.2, 0.25) is 0 Å². The minimum Gasteiger partial charge on any atom is -0.494 e. The molecule has 0 fully saturated rings. The lowest BCUT2D eigenvalue weighted by Crippen LogP contribution is -2.45. The van der Waals surface area contributed by atoms with Crippen molar-refractivity contribution in [3.05, 3.63) is 24.3 Å². The van der Waals surface area contributed by atoms with Crippen molar-refractivity contribution in [2.24, 2.45) is 0 Å². The van der Waals surface area contributed by atoms with E-state index in [4.69, 9.17) is 4.74 Å². The van der Waals surface area contributed by atoms with Crippen LogP contribution in [-0.2, 0) is 4.79 Å². The third-order valence-corrected chi connectivity index (χ3v) is 2.96. The molecule has 106 valence electrons. The Kier molecular flexibility index (Phi) is 5.67. The Balaban J connectivity index is 2.48. The Morgan fingerprint density at radius 1 is 1.32 bits per heavy atom. The van der Waals surface area contributed by atoms with Crippen LogP contribution in [0.5, 0.6) is 5.75 Å². The van der Waals surface area contributed by atoms with Crippen molar-refractivity contribution in [3.8, 4) is 5.75 Å². The summed E-state index contributed by atoms with van der Waals surface area (Å²) in [5.74, 6) is 0.801. The maximum Gasteiger partial charge on any atom is 0.239 e. The van der Waals surface area contributed by atoms with Gasteiger partial charge < -0.3 is 15.4 Å². The predicted molar refractivity (Wildman–Crippen MR) is 78.6 cm³/mol. The van der Waals surface area contributed by atoms with Crippen LogP contribution in [0.3, 0.4) is 0 Å². The van der Waals surface area contributed by atoms with Crippen molar-refractivity contribution < 1.29 is 9.53 Å². The molecule has 0 bridgehead atoms. The summed E-state index contributed by atoms with van der Waals surface area (Å²) >= 11 is 0. The highest BCUT2D eigenvalue weighted by Gasteiger charge is 2.17. The van der Waals surface area contributed by atoms with Crippen LogP contribution in [0.25, 0.3) is 0 Å². The van der Waals surface area contributed by atoms with E-state index in [-0.39, 0.29) is 18.0 Å². The Labute approximate surface area is 115 Å². The first-order valence-electron chi connectivity index (χ1n) is 6.74. The van der Waals surface area contributed by atoms with Gasteiger partial charge in [-0.3, -0.25) is 4.79 Å². The number of anilines is 1. The summed E-state index contributed by atoms with van der Waals surface area (Å²) in [4.78, 5) is 11.8. The normalized spacial score (nSPS) is 10.9. The van der Waals surface area contributed by atoms with Crippen molar-refractivity contribution in [1.82, 2.24) is 5.32 Å². The first-order valence-corrected chi connectivity index (χ1v) is 6.74. The molecule has 0 aromatic heterocycles. The first-order chi connectivity index (χ1) is 8.96. The zero-order valence-electron chi connectivity index (χ0n) is 12.2. The van der Waals surface area contributed by atoms with Crippen molar-refractivity contribution in [3.63, 3.8) is 0 Å². The number of benzene rings is 1. The van der Waals surface area contributed by atoms with Crippen LogP contribution < -0.4 is 15.4 Å². The number of nitrogens with one attached hydrogen (secondary N) is 2. The second kappa shape index (κ2) is 7.02. The van der Waals surface area contributed by atoms with Gasteiger partial charge in [0, 0.05) is 17.3 Å². The highest BCUT2D eigenvalue weighted by Crippen LogP contribution is 2.17. The summed E-state index contributed by atoms with van der Waals surface area (Å²) in [5.41, 5.74) is 0.724. The molecule has 0 heterocycles. The molecule has 4 heteroatoms. The Hall–Kier alpha value is -1.71. The van der Waals surface area contributed by atoms with Crippen molar-refractivity contribution in [2.75, 3.05) is 18.5 Å². The number of carbonyl (C=O) groups excluding carboxylic acids is 1. The number of ether oxygens (including phenoxy) is 1. The van der Waals surface area contributed by atoms with E-state index in [1.54, 1.807) is 0 Å². The van der Waals surface area contributed by atoms with Gasteiger partial charge in [-0.05, 0) is 39.3 Å². The molecule has 0 unspecified atom stereocenters. The molecule has 4 nitrogen and oxygen atoms in total. The van der Waals surface area contributed by atoms with E-state index in [9.17, 15) is 4.79 Å². The molecule has 0 atom stereocenters. The van der Waals surface area contributed by atoms with Gasteiger partial charge in [0.15, 0.2) is 0 Å². The number of hydrogen-bond acceptors (Lipinski definition) is 3. The molecular formula is C15H24N2O2. The molecule has 1 amide bonds. The fraction of sp³-hybridized carbons (Fsp3) is 0.533. The van der Waals surface area contributed by atoms with Gasteiger partial charge in [-0.15, -0.1) is 0 Å². The highest BCUT2D eigenvalue weighted by molar-refractivity contribution is 5.81. The molecular weight excluding hydrogens is 240 g/mol. The minimum absolute atomic E-state index is 0.00587. The monoisotopic (exact) mass is 264 g/mol. The summed E-state index contributed by atoms with van der Waals surface area (Å²) in [6, 6.07) is 7.61. The van der Waals surface area contributed by atoms with Crippen LogP contribution in [0.15, 0.2) is 24.3 Å². The van der Waals surface area contributed by atoms with Crippen LogP contribution in [-0.4, -0.2) is 24.6 Å². The Morgan fingerprint density at radius 3 is 2.68 bits per heavy atom. The van der Waals surface area contributed by atoms with Gasteiger partial charge in [0.05, 0.1) is 13.2 Å². The first kappa shape index (κ1) is 15.3. The third-order valence-electron chi connectivity index (χ3n) is 2.96. The van der Waals surface area contributed by atoms with Gasteiger partial charge in [-0.25, -0.2) is 0 Å². The van der Waals surface area contributed by atoms with Crippen molar-refractivity contribution in [2.45, 2.75) is 39.7 Å². The summed E-state index contributed by atoms with van der Waals surface area (Å²) in [5, 5.41) is 6.08. The smallest absolute Gasteiger partial charge is 0.239 e. The molecule has 19 heavy (non-hydrogen) atoms. The maximum atomic E-state index is 11.8. The fourth-order valence-corrected chi connectivity index (χ4v) is 1.55. The fourth-order valence-electron chi connectivity index (χ4n) is 1.55. The van der Waals surface area contributed by atoms with E-state index in [0.717, 1.165) is 17.9 Å². The molecule has 0 radical (unpaired) electrons. The van der Waals surface area contributed by atoms with E-state index in [2.05, 4.69) is 17.6 Å². The van der Waals surface area contributed by atoms with E-state index in [1.165, 1.54) is 0 Å². The van der Waals surface area contributed by atoms with E-state index < -0.39 is 0 Å². The number of amides is 1. The SMILES string of the molecule is CCOc1cccc(NCC(=O)NC(C)(C)CC)c1. The standard InChI is InChI=1S/C15H24N2O2/c1-5-15(3,4)17-14(18)11-16-12-8-7-9-13(10-12)19-6-2/h7-10,16H,5-6,11H2,1-4H3,(H,17,18). The Morgan fingerprint density at radius 2 is 2.05 bits per heavy atom. The molecule has 0 saturated carbocycles. The largest absolute Gasteiger partial charge is 0.494 e. The average molecular weight is 264 g/mol. The van der Waals surface area contributed by atoms with Gasteiger partial charge in [-0.2, -0.15) is 0 Å². The lowest BCUT2D eigenvalue weighted by atomic mass is 10.0. The summed E-state index contributed by atoms with van der Waals surface area (Å²) in [7, 11) is 0. The predicted octanol–water partition coefficient (Wildman–Crippen LogP) is 2.80. The lowest BCUT2D eigenvalue weighted by molar-refractivity contribution is -0.121. The number of rotatable bonds is 7. The summed E-state index contributed by atoms with van der Waals surface area (Å²) in [6.45, 7) is 8.93. The van der Waals surface area contributed by atoms with Gasteiger partial charge in [0.2, 0.25) is 5.91 Å². The van der Waals surface area contributed by atoms with Crippen molar-refractivity contribution >= 4 is 11.6 Å². The molecule has 1 aromatic rings. The van der Waals surface area contributed by atoms with Crippen molar-refractivity contribution in [1.29, 1.82) is 0 Å². The van der Waals surface area contributed by atoms with Gasteiger partial charge in [0.25, 0.3) is 0 Å². The number of hydrogen-bond donors (Lipinski definition) is 2. The lowest BCUT2D eigenvalue weighted by Gasteiger charge is -2.24. The molecule has 0 aliphatic carbocycles. The topological polar surface area (TPSA) is 50.4 Å². The average Bonchev–Trinajstić information content (AvgIpc) is 2.37. The molecule has 2 N–H and O–H groups in total. The second-order valence-electron chi connectivity index (χ2n) is 5.10. The molecule has 0 aliphatic rings. The van der Waals surface area contributed by atoms with E-state index >= 15 is 0 Å². The van der Waals surface area contributed by atoms with Gasteiger partial charge >= 0.3 is 0 Å². The zero-order chi connectivity index (χ0) is 14.3. The molecule has 1 rings (SSSR count). The third kappa shape index (κ3) is 5.64. The van der Waals surface area contributed by atoms with E-state index in [0.29, 0.717) is 6.61 Å². The molecule has 0 saturated heterocycles. The van der Waals surface area contributed by atoms with Crippen LogP contribution >= 0.6 is 0 Å². The highest BCUT2D eigenvalue weighted by atomic mass is 16.5. The van der Waals surface area contributed by atoms with Crippen LogP contribution in [0.4, 0.5) is 5.69 Å². The summed E-state index contributed by atoms with van der Waals surface area (Å²) < 4.78 is 5.41. The van der Waals surface area contributed by atoms with E-state index in [1.807, 2.05) is 45.0 Å². The van der Waals surface area contributed by atoms with Gasteiger partial charge in [0.1, 0.15) is 5.75 Å².